The lowest BCUT2D eigenvalue weighted by Gasteiger charge is -1.77. The van der Waals surface area contributed by atoms with E-state index in [4.69, 9.17) is 28.1 Å². The average molecular weight is 147 g/mol. The summed E-state index contributed by atoms with van der Waals surface area (Å²) in [4.78, 5) is 17.4. The highest BCUT2D eigenvalue weighted by atomic mass is 35.5. The van der Waals surface area contributed by atoms with Gasteiger partial charge in [-0.1, -0.05) is 0 Å². The SMILES string of the molecule is [O-][P+](O)=C(Cl)Cl. The number of hydrogen-bond donors (Lipinski definition) is 1. The Balaban J connectivity index is 3.68. The largest absolute Gasteiger partial charge is 0.601 e. The van der Waals surface area contributed by atoms with Crippen molar-refractivity contribution in [3.8, 4) is 0 Å². The van der Waals surface area contributed by atoms with E-state index in [9.17, 15) is 4.89 Å². The first-order chi connectivity index (χ1) is 2.64. The van der Waals surface area contributed by atoms with Crippen LogP contribution in [0.3, 0.4) is 0 Å². The lowest BCUT2D eigenvalue weighted by Crippen LogP contribution is -1.87. The van der Waals surface area contributed by atoms with Gasteiger partial charge in [0.2, 0.25) is 0 Å². The molecule has 0 aromatic carbocycles. The molecule has 0 heterocycles. The van der Waals surface area contributed by atoms with Crippen molar-refractivity contribution >= 4 is 35.4 Å². The number of rotatable bonds is 0. The van der Waals surface area contributed by atoms with Crippen molar-refractivity contribution in [3.05, 3.63) is 0 Å². The summed E-state index contributed by atoms with van der Waals surface area (Å²) >= 11 is 9.52. The predicted molar refractivity (Wildman–Crippen MR) is 25.9 cm³/mol. The van der Waals surface area contributed by atoms with Gasteiger partial charge in [-0.2, -0.15) is 4.89 Å². The molecule has 0 radical (unpaired) electrons. The van der Waals surface area contributed by atoms with Gasteiger partial charge in [0.1, 0.15) is 0 Å². The first-order valence-corrected chi connectivity index (χ1v) is 2.95. The molecule has 0 saturated heterocycles. The zero-order chi connectivity index (χ0) is 5.15. The van der Waals surface area contributed by atoms with Gasteiger partial charge in [-0.3, -0.25) is 0 Å². The summed E-state index contributed by atoms with van der Waals surface area (Å²) in [6.07, 6.45) is 0. The van der Waals surface area contributed by atoms with Crippen LogP contribution < -0.4 is 4.89 Å². The summed E-state index contributed by atoms with van der Waals surface area (Å²) < 4.78 is -0.481. The van der Waals surface area contributed by atoms with Crippen LogP contribution in [-0.2, 0) is 0 Å². The third-order valence-electron chi connectivity index (χ3n) is 0.145. The molecule has 36 valence electrons. The lowest BCUT2D eigenvalue weighted by atomic mass is 11.9. The minimum Gasteiger partial charge on any atom is -0.601 e. The van der Waals surface area contributed by atoms with Crippen molar-refractivity contribution < 1.29 is 9.79 Å². The van der Waals surface area contributed by atoms with Gasteiger partial charge >= 0.3 is 4.21 Å². The van der Waals surface area contributed by atoms with Crippen molar-refractivity contribution in [2.24, 2.45) is 0 Å². The van der Waals surface area contributed by atoms with E-state index in [-0.39, 0.29) is 0 Å². The summed E-state index contributed by atoms with van der Waals surface area (Å²) in [5.74, 6) is 0. The Morgan fingerprint density at radius 3 is 1.83 bits per heavy atom. The quantitative estimate of drug-likeness (QED) is 0.497. The molecule has 1 unspecified atom stereocenters. The smallest absolute Gasteiger partial charge is 0.306 e. The molecule has 0 rings (SSSR count). The minimum atomic E-state index is -2.46. The molecule has 0 bridgehead atoms. The van der Waals surface area contributed by atoms with Crippen molar-refractivity contribution in [1.82, 2.24) is 0 Å². The Morgan fingerprint density at radius 1 is 1.67 bits per heavy atom. The molecule has 0 aliphatic rings. The lowest BCUT2D eigenvalue weighted by molar-refractivity contribution is -0.167. The monoisotopic (exact) mass is 146 g/mol. The van der Waals surface area contributed by atoms with Crippen LogP contribution in [-0.4, -0.2) is 9.11 Å². The minimum absolute atomic E-state index is 0.481. The van der Waals surface area contributed by atoms with Crippen LogP contribution >= 0.6 is 31.2 Å². The summed E-state index contributed by atoms with van der Waals surface area (Å²) in [6.45, 7) is 0. The van der Waals surface area contributed by atoms with E-state index in [0.29, 0.717) is 0 Å². The molecule has 0 fully saturated rings. The first kappa shape index (κ1) is 6.67. The molecule has 1 atom stereocenters. The highest BCUT2D eigenvalue weighted by Gasteiger charge is 1.94. The standard InChI is InChI=1S/CHCl2O2P/c2-1(3)6(4)5/h(H,4,5). The molecule has 0 amide bonds. The summed E-state index contributed by atoms with van der Waals surface area (Å²) in [5, 5.41) is 0. The van der Waals surface area contributed by atoms with E-state index in [0.717, 1.165) is 0 Å². The molecule has 0 aromatic heterocycles. The normalized spacial score (nSPS) is 11.0. The van der Waals surface area contributed by atoms with Crippen LogP contribution in [0.15, 0.2) is 0 Å². The molecular formula is CHCl2O2P. The zero-order valence-electron chi connectivity index (χ0n) is 2.56. The molecule has 6 heavy (non-hydrogen) atoms. The number of hydrogen-bond acceptors (Lipinski definition) is 2. The van der Waals surface area contributed by atoms with Gasteiger partial charge in [0.15, 0.2) is 0 Å². The second-order valence-corrected chi connectivity index (χ2v) is 2.98. The highest BCUT2D eigenvalue weighted by molar-refractivity contribution is 7.56. The summed E-state index contributed by atoms with van der Waals surface area (Å²) in [7, 11) is -2.46. The topological polar surface area (TPSA) is 43.3 Å². The van der Waals surface area contributed by atoms with E-state index < -0.39 is 12.2 Å². The average Bonchev–Trinajstić information content (AvgIpc) is 1.36. The Morgan fingerprint density at radius 2 is 1.83 bits per heavy atom. The van der Waals surface area contributed by atoms with Crippen molar-refractivity contribution in [1.29, 1.82) is 0 Å². The Hall–Kier alpha value is 0.670. The fourth-order valence-corrected chi connectivity index (χ4v) is 0. The molecule has 0 aliphatic carbocycles. The first-order valence-electron chi connectivity index (χ1n) is 0.984. The number of halogens is 2. The van der Waals surface area contributed by atoms with E-state index in [1.54, 1.807) is 0 Å². The predicted octanol–water partition coefficient (Wildman–Crippen LogP) is 0.216. The maximum absolute atomic E-state index is 9.55. The molecule has 0 spiro atoms. The van der Waals surface area contributed by atoms with E-state index in [2.05, 4.69) is 0 Å². The Labute approximate surface area is 45.9 Å². The molecular weight excluding hydrogens is 146 g/mol. The van der Waals surface area contributed by atoms with Gasteiger partial charge < -0.3 is 4.89 Å². The van der Waals surface area contributed by atoms with Gasteiger partial charge in [-0.05, 0) is 23.2 Å². The molecule has 2 nitrogen and oxygen atoms in total. The summed E-state index contributed by atoms with van der Waals surface area (Å²) in [6, 6.07) is 0. The molecule has 5 heteroatoms. The van der Waals surface area contributed by atoms with E-state index in [1.165, 1.54) is 0 Å². The third kappa shape index (κ3) is 2.88. The van der Waals surface area contributed by atoms with Crippen molar-refractivity contribution in [3.63, 3.8) is 0 Å². The van der Waals surface area contributed by atoms with Gasteiger partial charge in [0.25, 0.3) is 8.00 Å². The van der Waals surface area contributed by atoms with Gasteiger partial charge in [0, 0.05) is 0 Å². The zero-order valence-corrected chi connectivity index (χ0v) is 4.96. The molecule has 0 aliphatic heterocycles. The van der Waals surface area contributed by atoms with Crippen molar-refractivity contribution in [2.45, 2.75) is 0 Å². The van der Waals surface area contributed by atoms with E-state index in [1.807, 2.05) is 0 Å². The fourth-order valence-electron chi connectivity index (χ4n) is 0. The van der Waals surface area contributed by atoms with Gasteiger partial charge in [0.05, 0.1) is 0 Å². The van der Waals surface area contributed by atoms with Crippen LogP contribution in [0.4, 0.5) is 0 Å². The molecule has 0 saturated carbocycles. The van der Waals surface area contributed by atoms with Crippen LogP contribution in [0.1, 0.15) is 0 Å². The maximum atomic E-state index is 9.55. The Bertz CT molecular complexity index is 61.6. The Kier molecular flexibility index (Phi) is 3.09. The second kappa shape index (κ2) is 2.78. The van der Waals surface area contributed by atoms with Gasteiger partial charge in [-0.15, -0.1) is 0 Å². The molecule has 1 N–H and O–H groups in total. The summed E-state index contributed by atoms with van der Waals surface area (Å²) in [5.41, 5.74) is 0. The molecule has 0 aromatic rings. The second-order valence-electron chi connectivity index (χ2n) is 0.513. The van der Waals surface area contributed by atoms with Gasteiger partial charge in [-0.25, -0.2) is 0 Å². The van der Waals surface area contributed by atoms with Crippen LogP contribution in [0.25, 0.3) is 0 Å². The van der Waals surface area contributed by atoms with Crippen LogP contribution in [0.2, 0.25) is 0 Å². The van der Waals surface area contributed by atoms with Crippen molar-refractivity contribution in [2.75, 3.05) is 0 Å². The fraction of sp³-hybridized carbons (Fsp3) is 0. The van der Waals surface area contributed by atoms with Crippen LogP contribution in [0, 0.1) is 0 Å². The maximum Gasteiger partial charge on any atom is 0.306 e. The third-order valence-corrected chi connectivity index (χ3v) is 1.30. The van der Waals surface area contributed by atoms with E-state index >= 15 is 0 Å². The highest BCUT2D eigenvalue weighted by Crippen LogP contribution is 2.10. The van der Waals surface area contributed by atoms with Crippen LogP contribution in [0.5, 0.6) is 0 Å².